The number of carbonyl (C=O) groups is 1. The van der Waals surface area contributed by atoms with Crippen molar-refractivity contribution in [3.8, 4) is 0 Å². The van der Waals surface area contributed by atoms with E-state index in [1.165, 1.54) is 5.56 Å². The molecule has 3 rings (SSSR count). The van der Waals surface area contributed by atoms with Crippen molar-refractivity contribution in [2.24, 2.45) is 5.73 Å². The van der Waals surface area contributed by atoms with Crippen LogP contribution in [0.1, 0.15) is 26.6 Å². The van der Waals surface area contributed by atoms with Crippen molar-refractivity contribution in [1.82, 2.24) is 15.3 Å². The molecule has 0 radical (unpaired) electrons. The predicted octanol–water partition coefficient (Wildman–Crippen LogP) is 2.39. The molecule has 0 aliphatic heterocycles. The highest BCUT2D eigenvalue weighted by Gasteiger charge is 2.09. The van der Waals surface area contributed by atoms with Gasteiger partial charge in [0, 0.05) is 18.3 Å². The maximum Gasteiger partial charge on any atom is 0.251 e. The zero-order valence-corrected chi connectivity index (χ0v) is 13.0. The van der Waals surface area contributed by atoms with E-state index in [1.807, 2.05) is 13.0 Å². The number of aryl methyl sites for hydroxylation is 1. The Morgan fingerprint density at radius 3 is 3.00 bits per heavy atom. The summed E-state index contributed by atoms with van der Waals surface area (Å²) < 4.78 is 1.13. The van der Waals surface area contributed by atoms with Gasteiger partial charge in [0.15, 0.2) is 0 Å². The number of nitrogens with two attached hydrogens (primary N) is 1. The molecule has 0 spiro atoms. The SMILES string of the molecule is Cc1ccc2sc(CNC(=O)c3ccnc(CN)c3)nc2c1. The molecule has 22 heavy (non-hydrogen) atoms. The van der Waals surface area contributed by atoms with Gasteiger partial charge in [-0.1, -0.05) is 6.07 Å². The number of amides is 1. The van der Waals surface area contributed by atoms with Gasteiger partial charge in [-0.3, -0.25) is 9.78 Å². The van der Waals surface area contributed by atoms with E-state index >= 15 is 0 Å². The first-order valence-corrected chi connectivity index (χ1v) is 7.76. The van der Waals surface area contributed by atoms with Crippen molar-refractivity contribution in [2.75, 3.05) is 0 Å². The van der Waals surface area contributed by atoms with Crippen LogP contribution >= 0.6 is 11.3 Å². The molecule has 6 heteroatoms. The second-order valence-corrected chi connectivity index (χ2v) is 6.12. The van der Waals surface area contributed by atoms with Gasteiger partial charge in [0.25, 0.3) is 5.91 Å². The first-order chi connectivity index (χ1) is 10.7. The number of fused-ring (bicyclic) bond motifs is 1. The molecule has 0 saturated carbocycles. The lowest BCUT2D eigenvalue weighted by Crippen LogP contribution is -2.23. The molecule has 2 aromatic heterocycles. The van der Waals surface area contributed by atoms with Crippen molar-refractivity contribution < 1.29 is 4.79 Å². The van der Waals surface area contributed by atoms with E-state index < -0.39 is 0 Å². The highest BCUT2D eigenvalue weighted by atomic mass is 32.1. The monoisotopic (exact) mass is 312 g/mol. The standard InChI is InChI=1S/C16H16N4OS/c1-10-2-3-14-13(6-10)20-15(22-14)9-19-16(21)11-4-5-18-12(7-11)8-17/h2-7H,8-9,17H2,1H3,(H,19,21). The summed E-state index contributed by atoms with van der Waals surface area (Å²) in [6.07, 6.45) is 1.59. The molecule has 3 N–H and O–H groups in total. The summed E-state index contributed by atoms with van der Waals surface area (Å²) in [7, 11) is 0. The molecule has 0 atom stereocenters. The fourth-order valence-corrected chi connectivity index (χ4v) is 3.04. The number of nitrogens with one attached hydrogen (secondary N) is 1. The number of carbonyl (C=O) groups excluding carboxylic acids is 1. The largest absolute Gasteiger partial charge is 0.346 e. The van der Waals surface area contributed by atoms with E-state index in [4.69, 9.17) is 5.73 Å². The van der Waals surface area contributed by atoms with E-state index in [9.17, 15) is 4.79 Å². The Morgan fingerprint density at radius 1 is 1.32 bits per heavy atom. The van der Waals surface area contributed by atoms with Gasteiger partial charge in [-0.15, -0.1) is 11.3 Å². The number of rotatable bonds is 4. The third-order valence-electron chi connectivity index (χ3n) is 3.28. The molecule has 1 aromatic carbocycles. The summed E-state index contributed by atoms with van der Waals surface area (Å²) in [5, 5.41) is 3.77. The molecular formula is C16H16N4OS. The van der Waals surface area contributed by atoms with Gasteiger partial charge in [0.1, 0.15) is 5.01 Å². The van der Waals surface area contributed by atoms with Crippen LogP contribution in [0.4, 0.5) is 0 Å². The Balaban J connectivity index is 1.71. The minimum atomic E-state index is -0.146. The Kier molecular flexibility index (Phi) is 4.13. The van der Waals surface area contributed by atoms with Gasteiger partial charge in [-0.25, -0.2) is 4.98 Å². The third-order valence-corrected chi connectivity index (χ3v) is 4.31. The highest BCUT2D eigenvalue weighted by Crippen LogP contribution is 2.22. The smallest absolute Gasteiger partial charge is 0.251 e. The Labute approximate surface area is 132 Å². The molecule has 0 saturated heterocycles. The highest BCUT2D eigenvalue weighted by molar-refractivity contribution is 7.18. The van der Waals surface area contributed by atoms with Gasteiger partial charge in [0.2, 0.25) is 0 Å². The second-order valence-electron chi connectivity index (χ2n) is 5.00. The van der Waals surface area contributed by atoms with Crippen LogP contribution in [0.15, 0.2) is 36.5 Å². The molecule has 0 unspecified atom stereocenters. The summed E-state index contributed by atoms with van der Waals surface area (Å²) in [4.78, 5) is 20.8. The lowest BCUT2D eigenvalue weighted by atomic mass is 10.2. The minimum absolute atomic E-state index is 0.146. The number of pyridine rings is 1. The topological polar surface area (TPSA) is 80.9 Å². The molecule has 0 bridgehead atoms. The average Bonchev–Trinajstić information content (AvgIpc) is 2.94. The van der Waals surface area contributed by atoms with Crippen LogP contribution in [0.5, 0.6) is 0 Å². The van der Waals surface area contributed by atoms with E-state index in [0.29, 0.717) is 24.3 Å². The van der Waals surface area contributed by atoms with Crippen molar-refractivity contribution >= 4 is 27.5 Å². The van der Waals surface area contributed by atoms with E-state index in [2.05, 4.69) is 27.4 Å². The quantitative estimate of drug-likeness (QED) is 0.775. The first kappa shape index (κ1) is 14.6. The molecular weight excluding hydrogens is 296 g/mol. The van der Waals surface area contributed by atoms with Gasteiger partial charge < -0.3 is 11.1 Å². The molecule has 0 aliphatic carbocycles. The van der Waals surface area contributed by atoms with Crippen LogP contribution in [0.25, 0.3) is 10.2 Å². The fraction of sp³-hybridized carbons (Fsp3) is 0.188. The van der Waals surface area contributed by atoms with Crippen molar-refractivity contribution in [2.45, 2.75) is 20.0 Å². The van der Waals surface area contributed by atoms with E-state index in [1.54, 1.807) is 29.7 Å². The molecule has 0 aliphatic rings. The first-order valence-electron chi connectivity index (χ1n) is 6.95. The Hall–Kier alpha value is -2.31. The van der Waals surface area contributed by atoms with E-state index in [-0.39, 0.29) is 5.91 Å². The summed E-state index contributed by atoms with van der Waals surface area (Å²) >= 11 is 1.59. The Morgan fingerprint density at radius 2 is 2.18 bits per heavy atom. The van der Waals surface area contributed by atoms with Crippen molar-refractivity contribution in [3.63, 3.8) is 0 Å². The zero-order chi connectivity index (χ0) is 15.5. The summed E-state index contributed by atoms with van der Waals surface area (Å²) in [6, 6.07) is 9.55. The minimum Gasteiger partial charge on any atom is -0.346 e. The second kappa shape index (κ2) is 6.21. The van der Waals surface area contributed by atoms with Gasteiger partial charge in [-0.05, 0) is 36.8 Å². The lowest BCUT2D eigenvalue weighted by Gasteiger charge is -2.04. The number of hydrogen-bond donors (Lipinski definition) is 2. The predicted molar refractivity (Wildman–Crippen MR) is 87.7 cm³/mol. The number of hydrogen-bond acceptors (Lipinski definition) is 5. The number of thiazole rings is 1. The van der Waals surface area contributed by atoms with Crippen LogP contribution in [-0.2, 0) is 13.1 Å². The van der Waals surface area contributed by atoms with E-state index in [0.717, 1.165) is 15.2 Å². The van der Waals surface area contributed by atoms with Crippen LogP contribution in [-0.4, -0.2) is 15.9 Å². The molecule has 1 amide bonds. The number of aromatic nitrogens is 2. The van der Waals surface area contributed by atoms with Crippen molar-refractivity contribution in [1.29, 1.82) is 0 Å². The normalized spacial score (nSPS) is 10.8. The Bertz CT molecular complexity index is 828. The lowest BCUT2D eigenvalue weighted by molar-refractivity contribution is 0.0950. The molecule has 5 nitrogen and oxygen atoms in total. The van der Waals surface area contributed by atoms with Crippen LogP contribution < -0.4 is 11.1 Å². The van der Waals surface area contributed by atoms with Crippen molar-refractivity contribution in [3.05, 3.63) is 58.4 Å². The number of benzene rings is 1. The van der Waals surface area contributed by atoms with Crippen LogP contribution in [0.2, 0.25) is 0 Å². The third kappa shape index (κ3) is 3.13. The van der Waals surface area contributed by atoms with Gasteiger partial charge >= 0.3 is 0 Å². The summed E-state index contributed by atoms with van der Waals surface area (Å²) in [5.74, 6) is -0.146. The maximum atomic E-state index is 12.2. The molecule has 112 valence electrons. The van der Waals surface area contributed by atoms with Gasteiger partial charge in [-0.2, -0.15) is 0 Å². The average molecular weight is 312 g/mol. The maximum absolute atomic E-state index is 12.2. The van der Waals surface area contributed by atoms with Gasteiger partial charge in [0.05, 0.1) is 22.5 Å². The summed E-state index contributed by atoms with van der Waals surface area (Å²) in [6.45, 7) is 2.77. The van der Waals surface area contributed by atoms with Crippen LogP contribution in [0.3, 0.4) is 0 Å². The number of nitrogens with zero attached hydrogens (tertiary/aromatic N) is 2. The molecule has 3 aromatic rings. The summed E-state index contributed by atoms with van der Waals surface area (Å²) in [5.41, 5.74) is 8.95. The molecule has 2 heterocycles. The van der Waals surface area contributed by atoms with Crippen LogP contribution in [0, 0.1) is 6.92 Å². The fourth-order valence-electron chi connectivity index (χ4n) is 2.15. The molecule has 0 fully saturated rings. The zero-order valence-electron chi connectivity index (χ0n) is 12.2.